The summed E-state index contributed by atoms with van der Waals surface area (Å²) in [5.41, 5.74) is 1.28. The van der Waals surface area contributed by atoms with Gasteiger partial charge in [0.05, 0.1) is 17.4 Å². The van der Waals surface area contributed by atoms with E-state index in [9.17, 15) is 18.0 Å². The number of aromatic nitrogens is 1. The maximum Gasteiger partial charge on any atom is 0.268 e. The van der Waals surface area contributed by atoms with Crippen molar-refractivity contribution in [2.45, 2.75) is 59.1 Å². The summed E-state index contributed by atoms with van der Waals surface area (Å²) in [5.74, 6) is 0.0793. The molecular weight excluding hydrogens is 490 g/mol. The highest BCUT2D eigenvalue weighted by atomic mass is 32.2. The molecule has 1 aliphatic carbocycles. The second-order valence-electron chi connectivity index (χ2n) is 10.5. The van der Waals surface area contributed by atoms with Crippen molar-refractivity contribution in [2.75, 3.05) is 11.4 Å². The van der Waals surface area contributed by atoms with Gasteiger partial charge in [-0.25, -0.2) is 18.1 Å². The number of ketones is 1. The summed E-state index contributed by atoms with van der Waals surface area (Å²) in [6, 6.07) is 10.8. The second-order valence-corrected chi connectivity index (χ2v) is 12.2. The molecule has 2 aliphatic rings. The topological polar surface area (TPSA) is 106 Å². The van der Waals surface area contributed by atoms with Crippen LogP contribution in [0, 0.1) is 5.92 Å². The number of carbonyl (C=O) groups excluding carboxylic acids is 2. The van der Waals surface area contributed by atoms with E-state index in [2.05, 4.69) is 30.4 Å². The lowest BCUT2D eigenvalue weighted by atomic mass is 9.97. The smallest absolute Gasteiger partial charge is 0.268 e. The van der Waals surface area contributed by atoms with Gasteiger partial charge in [-0.3, -0.25) is 9.59 Å². The number of carbonyl (C=O) groups is 2. The van der Waals surface area contributed by atoms with Crippen LogP contribution in [-0.4, -0.2) is 43.3 Å². The molecule has 1 N–H and O–H groups in total. The fourth-order valence-electron chi connectivity index (χ4n) is 4.95. The van der Waals surface area contributed by atoms with E-state index in [1.54, 1.807) is 18.2 Å². The van der Waals surface area contributed by atoms with E-state index in [0.717, 1.165) is 12.0 Å². The van der Waals surface area contributed by atoms with Crippen molar-refractivity contribution in [3.8, 4) is 17.0 Å². The summed E-state index contributed by atoms with van der Waals surface area (Å²) >= 11 is 0. The third-order valence-corrected chi connectivity index (χ3v) is 7.83. The number of benzene rings is 1. The van der Waals surface area contributed by atoms with Crippen molar-refractivity contribution in [1.29, 1.82) is 0 Å². The molecule has 0 radical (unpaired) electrons. The van der Waals surface area contributed by atoms with E-state index in [1.807, 2.05) is 38.1 Å². The van der Waals surface area contributed by atoms with Crippen LogP contribution in [0.3, 0.4) is 0 Å². The molecule has 2 aromatic rings. The molecule has 0 unspecified atom stereocenters. The summed E-state index contributed by atoms with van der Waals surface area (Å²) in [7, 11) is -4.34. The minimum atomic E-state index is -4.34. The van der Waals surface area contributed by atoms with Gasteiger partial charge < -0.3 is 9.64 Å². The van der Waals surface area contributed by atoms with Crippen LogP contribution >= 0.6 is 0 Å². The van der Waals surface area contributed by atoms with Crippen LogP contribution in [0.2, 0.25) is 0 Å². The third kappa shape index (κ3) is 5.77. The molecule has 1 aromatic carbocycles. The largest absolute Gasteiger partial charge is 0.491 e. The molecule has 196 valence electrons. The van der Waals surface area contributed by atoms with Gasteiger partial charge in [-0.1, -0.05) is 31.2 Å². The number of ether oxygens (including phenoxy) is 1. The maximum atomic E-state index is 13.4. The Kier molecular flexibility index (Phi) is 7.28. The molecule has 1 amide bonds. The molecule has 0 bridgehead atoms. The zero-order valence-corrected chi connectivity index (χ0v) is 22.6. The lowest BCUT2D eigenvalue weighted by Gasteiger charge is -2.34. The first-order valence-corrected chi connectivity index (χ1v) is 13.9. The molecule has 8 nitrogen and oxygen atoms in total. The Morgan fingerprint density at radius 2 is 1.97 bits per heavy atom. The number of sulfonamides is 1. The van der Waals surface area contributed by atoms with Crippen LogP contribution in [0.4, 0.5) is 5.82 Å². The monoisotopic (exact) mass is 523 g/mol. The molecule has 1 fully saturated rings. The fourth-order valence-corrected chi connectivity index (χ4v) is 6.05. The average molecular weight is 524 g/mol. The van der Waals surface area contributed by atoms with E-state index in [-0.39, 0.29) is 23.6 Å². The Balaban J connectivity index is 1.76. The molecule has 1 aromatic heterocycles. The van der Waals surface area contributed by atoms with Gasteiger partial charge in [0.2, 0.25) is 0 Å². The number of anilines is 1. The first-order valence-electron chi connectivity index (χ1n) is 12.4. The van der Waals surface area contributed by atoms with E-state index >= 15 is 0 Å². The molecule has 1 aliphatic heterocycles. The van der Waals surface area contributed by atoms with Crippen LogP contribution in [0.25, 0.3) is 11.3 Å². The molecule has 0 saturated carbocycles. The summed E-state index contributed by atoms with van der Waals surface area (Å²) < 4.78 is 33.7. The van der Waals surface area contributed by atoms with Crippen molar-refractivity contribution in [2.24, 2.45) is 5.92 Å². The minimum Gasteiger partial charge on any atom is -0.491 e. The molecular formula is C28H33N3O5S. The first kappa shape index (κ1) is 26.6. The second kappa shape index (κ2) is 10.1. The van der Waals surface area contributed by atoms with Crippen molar-refractivity contribution < 1.29 is 22.7 Å². The Bertz CT molecular complexity index is 1390. The van der Waals surface area contributed by atoms with Gasteiger partial charge in [-0.15, -0.1) is 0 Å². The van der Waals surface area contributed by atoms with Gasteiger partial charge in [-0.2, -0.15) is 0 Å². The van der Waals surface area contributed by atoms with E-state index in [0.29, 0.717) is 29.7 Å². The summed E-state index contributed by atoms with van der Waals surface area (Å²) in [4.78, 5) is 32.1. The van der Waals surface area contributed by atoms with Crippen LogP contribution in [0.5, 0.6) is 5.75 Å². The Labute approximate surface area is 218 Å². The third-order valence-electron chi connectivity index (χ3n) is 6.43. The van der Waals surface area contributed by atoms with E-state index < -0.39 is 26.6 Å². The Hall–Kier alpha value is -3.46. The van der Waals surface area contributed by atoms with Gasteiger partial charge in [0.1, 0.15) is 16.5 Å². The Morgan fingerprint density at radius 1 is 1.22 bits per heavy atom. The zero-order chi connectivity index (χ0) is 27.0. The zero-order valence-electron chi connectivity index (χ0n) is 21.8. The van der Waals surface area contributed by atoms with Crippen molar-refractivity contribution in [1.82, 2.24) is 9.71 Å². The number of allylic oxidation sites excluding steroid dienone is 4. The summed E-state index contributed by atoms with van der Waals surface area (Å²) in [5, 5.41) is 0. The van der Waals surface area contributed by atoms with Gasteiger partial charge >= 0.3 is 0 Å². The van der Waals surface area contributed by atoms with Gasteiger partial charge in [-0.05, 0) is 70.4 Å². The van der Waals surface area contributed by atoms with Gasteiger partial charge in [0.15, 0.2) is 5.78 Å². The number of rotatable bonds is 7. The lowest BCUT2D eigenvalue weighted by molar-refractivity contribution is -0.114. The van der Waals surface area contributed by atoms with Crippen molar-refractivity contribution >= 4 is 27.5 Å². The summed E-state index contributed by atoms with van der Waals surface area (Å²) in [6.45, 7) is 10.9. The van der Waals surface area contributed by atoms with Gasteiger partial charge in [0.25, 0.3) is 15.9 Å². The highest BCUT2D eigenvalue weighted by molar-refractivity contribution is 7.95. The molecule has 1 atom stereocenters. The molecule has 0 spiro atoms. The maximum absolute atomic E-state index is 13.4. The fraction of sp³-hybridized carbons (Fsp3) is 0.393. The number of nitrogens with one attached hydrogen (secondary N) is 1. The highest BCUT2D eigenvalue weighted by Crippen LogP contribution is 2.38. The normalized spacial score (nSPS) is 19.2. The standard InChI is InChI=1S/C28H33N3O5S/c1-18(2)36-21-10-8-9-20(15-21)23-14-13-22(26(29-23)31-17-19(3)16-28(31,4)5)27(33)30-37(34,35)25-12-7-6-11-24(25)32/h6-10,12-15,18-19H,11,16-17H2,1-5H3,(H,30,33)/t19-/m0/s1. The molecule has 37 heavy (non-hydrogen) atoms. The highest BCUT2D eigenvalue weighted by Gasteiger charge is 2.39. The molecule has 2 heterocycles. The molecule has 9 heteroatoms. The van der Waals surface area contributed by atoms with Crippen LogP contribution < -0.4 is 14.4 Å². The van der Waals surface area contributed by atoms with Crippen molar-refractivity contribution in [3.63, 3.8) is 0 Å². The van der Waals surface area contributed by atoms with Crippen LogP contribution in [0.1, 0.15) is 57.8 Å². The number of hydrogen-bond donors (Lipinski definition) is 1. The number of pyridine rings is 1. The molecule has 4 rings (SSSR count). The summed E-state index contributed by atoms with van der Waals surface area (Å²) in [6.07, 6.45) is 5.16. The van der Waals surface area contributed by atoms with Crippen LogP contribution in [0.15, 0.2) is 59.5 Å². The van der Waals surface area contributed by atoms with Crippen LogP contribution in [-0.2, 0) is 14.8 Å². The predicted molar refractivity (Wildman–Crippen MR) is 144 cm³/mol. The van der Waals surface area contributed by atoms with Gasteiger partial charge in [0, 0.05) is 24.1 Å². The Morgan fingerprint density at radius 3 is 2.62 bits per heavy atom. The predicted octanol–water partition coefficient (Wildman–Crippen LogP) is 4.63. The number of nitrogens with zero attached hydrogens (tertiary/aromatic N) is 2. The van der Waals surface area contributed by atoms with E-state index in [4.69, 9.17) is 9.72 Å². The SMILES string of the molecule is CC(C)Oc1cccc(-c2ccc(C(=O)NS(=O)(=O)C3=CC=CCC3=O)c(N3C[C@@H](C)CC3(C)C)n2)c1. The number of hydrogen-bond acceptors (Lipinski definition) is 7. The van der Waals surface area contributed by atoms with Crippen molar-refractivity contribution in [3.05, 3.63) is 65.1 Å². The minimum absolute atomic E-state index is 0.0142. The first-order chi connectivity index (χ1) is 17.4. The molecule has 1 saturated heterocycles. The quantitative estimate of drug-likeness (QED) is 0.564. The number of amides is 1. The van der Waals surface area contributed by atoms with E-state index in [1.165, 1.54) is 12.2 Å². The lowest BCUT2D eigenvalue weighted by Crippen LogP contribution is -2.41. The average Bonchev–Trinajstić information content (AvgIpc) is 3.09. The number of Topliss-reactive ketones (excluding diaryl/α,β-unsaturated/α-hetero) is 1.